The van der Waals surface area contributed by atoms with Crippen molar-refractivity contribution >= 4 is 40.5 Å². The van der Waals surface area contributed by atoms with E-state index >= 15 is 0 Å². The van der Waals surface area contributed by atoms with E-state index < -0.39 is 17.5 Å². The minimum absolute atomic E-state index is 0.183. The van der Waals surface area contributed by atoms with Gasteiger partial charge in [0.1, 0.15) is 0 Å². The maximum Gasteiger partial charge on any atom is 0.178 e. The minimum Gasteiger partial charge on any atom is -0.338 e. The number of nitrogens with two attached hydrogens (primary N) is 1. The first-order valence-electron chi connectivity index (χ1n) is 5.16. The van der Waals surface area contributed by atoms with Crippen LogP contribution in [0, 0.1) is 17.5 Å². The van der Waals surface area contributed by atoms with Gasteiger partial charge in [-0.3, -0.25) is 0 Å². The number of anilines is 3. The first-order chi connectivity index (χ1) is 9.42. The number of nitrogens with one attached hydrogen (secondary N) is 2. The molecule has 1 aromatic heterocycles. The number of hydrazine groups is 1. The number of benzene rings is 1. The Balaban J connectivity index is 2.39. The van der Waals surface area contributed by atoms with Gasteiger partial charge in [0.2, 0.25) is 0 Å². The number of pyridine rings is 1. The molecule has 0 saturated carbocycles. The molecule has 0 radical (unpaired) electrons. The summed E-state index contributed by atoms with van der Waals surface area (Å²) in [5.74, 6) is 1.65. The molecule has 0 aliphatic rings. The highest BCUT2D eigenvalue weighted by Gasteiger charge is 2.13. The summed E-state index contributed by atoms with van der Waals surface area (Å²) in [6, 6.07) is 2.96. The van der Waals surface area contributed by atoms with Crippen LogP contribution in [0.15, 0.2) is 18.2 Å². The fraction of sp³-hybridized carbons (Fsp3) is 0. The van der Waals surface area contributed by atoms with E-state index in [0.29, 0.717) is 6.07 Å². The second-order valence-corrected chi connectivity index (χ2v) is 4.49. The quantitative estimate of drug-likeness (QED) is 0.456. The van der Waals surface area contributed by atoms with E-state index in [0.717, 1.165) is 0 Å². The highest BCUT2D eigenvalue weighted by molar-refractivity contribution is 6.35. The zero-order valence-corrected chi connectivity index (χ0v) is 11.2. The van der Waals surface area contributed by atoms with Crippen molar-refractivity contribution in [2.75, 3.05) is 10.7 Å². The molecule has 106 valence electrons. The van der Waals surface area contributed by atoms with E-state index in [2.05, 4.69) is 10.3 Å². The van der Waals surface area contributed by atoms with Gasteiger partial charge >= 0.3 is 0 Å². The summed E-state index contributed by atoms with van der Waals surface area (Å²) in [5, 5.41) is 2.00. The normalized spacial score (nSPS) is 10.5. The lowest BCUT2D eigenvalue weighted by atomic mass is 10.3. The summed E-state index contributed by atoms with van der Waals surface area (Å²) < 4.78 is 40.0. The number of rotatable bonds is 3. The van der Waals surface area contributed by atoms with E-state index in [1.54, 1.807) is 0 Å². The highest BCUT2D eigenvalue weighted by Crippen LogP contribution is 2.30. The standard InChI is InChI=1S/C11H7Cl2F3N4/c12-5-1-4(2-6(13)9(5)16)18-10-7(14)3-8(15)11(19-10)20-17/h1-3H,17H2,(H2,18,19,20). The Hall–Kier alpha value is -1.70. The maximum atomic E-state index is 13.6. The Morgan fingerprint density at radius 2 is 1.50 bits per heavy atom. The van der Waals surface area contributed by atoms with Crippen LogP contribution >= 0.6 is 23.2 Å². The van der Waals surface area contributed by atoms with E-state index in [4.69, 9.17) is 29.0 Å². The van der Waals surface area contributed by atoms with Crippen molar-refractivity contribution < 1.29 is 13.2 Å². The third kappa shape index (κ3) is 2.90. The van der Waals surface area contributed by atoms with Gasteiger partial charge in [-0.1, -0.05) is 23.2 Å². The van der Waals surface area contributed by atoms with E-state index in [1.165, 1.54) is 12.1 Å². The van der Waals surface area contributed by atoms with Gasteiger partial charge in [0, 0.05) is 11.8 Å². The SMILES string of the molecule is NNc1nc(Nc2cc(Cl)c(F)c(Cl)c2)c(F)cc1F. The van der Waals surface area contributed by atoms with Gasteiger partial charge in [-0.05, 0) is 12.1 Å². The third-order valence-electron chi connectivity index (χ3n) is 2.31. The van der Waals surface area contributed by atoms with Gasteiger partial charge in [0.05, 0.1) is 10.0 Å². The minimum atomic E-state index is -0.960. The van der Waals surface area contributed by atoms with Gasteiger partial charge in [-0.25, -0.2) is 24.0 Å². The molecule has 20 heavy (non-hydrogen) atoms. The first-order valence-corrected chi connectivity index (χ1v) is 5.92. The van der Waals surface area contributed by atoms with Gasteiger partial charge in [-0.2, -0.15) is 0 Å². The monoisotopic (exact) mass is 322 g/mol. The van der Waals surface area contributed by atoms with Crippen LogP contribution < -0.4 is 16.6 Å². The molecule has 0 atom stereocenters. The van der Waals surface area contributed by atoms with Crippen molar-refractivity contribution in [3.63, 3.8) is 0 Å². The molecule has 0 amide bonds. The zero-order chi connectivity index (χ0) is 14.9. The van der Waals surface area contributed by atoms with Crippen molar-refractivity contribution in [1.29, 1.82) is 0 Å². The lowest BCUT2D eigenvalue weighted by molar-refractivity contribution is 0.579. The van der Waals surface area contributed by atoms with Crippen LogP contribution in [0.2, 0.25) is 10.0 Å². The molecule has 4 nitrogen and oxygen atoms in total. The molecule has 0 fully saturated rings. The molecule has 0 spiro atoms. The molecular formula is C11H7Cl2F3N4. The number of aromatic nitrogens is 1. The summed E-state index contributed by atoms with van der Waals surface area (Å²) in [6.45, 7) is 0. The number of nitrogen functional groups attached to an aromatic ring is 1. The second-order valence-electron chi connectivity index (χ2n) is 3.67. The molecule has 1 aromatic carbocycles. The van der Waals surface area contributed by atoms with E-state index in [1.807, 2.05) is 5.43 Å². The van der Waals surface area contributed by atoms with Crippen LogP contribution in [0.5, 0.6) is 0 Å². The third-order valence-corrected chi connectivity index (χ3v) is 2.86. The summed E-state index contributed by atoms with van der Waals surface area (Å²) >= 11 is 11.2. The van der Waals surface area contributed by atoms with Gasteiger partial charge < -0.3 is 10.7 Å². The Morgan fingerprint density at radius 1 is 0.950 bits per heavy atom. The molecule has 9 heteroatoms. The van der Waals surface area contributed by atoms with Gasteiger partial charge in [0.15, 0.2) is 29.1 Å². The number of nitrogens with zero attached hydrogens (tertiary/aromatic N) is 1. The molecule has 0 bridgehead atoms. The average Bonchev–Trinajstić information content (AvgIpc) is 2.39. The molecule has 4 N–H and O–H groups in total. The van der Waals surface area contributed by atoms with Crippen LogP contribution in [0.25, 0.3) is 0 Å². The average molecular weight is 323 g/mol. The van der Waals surface area contributed by atoms with Gasteiger partial charge in [0.25, 0.3) is 0 Å². The molecular weight excluding hydrogens is 316 g/mol. The number of hydrogen-bond donors (Lipinski definition) is 3. The summed E-state index contributed by atoms with van der Waals surface area (Å²) in [6.07, 6.45) is 0. The smallest absolute Gasteiger partial charge is 0.178 e. The van der Waals surface area contributed by atoms with Crippen LogP contribution in [-0.4, -0.2) is 4.98 Å². The predicted octanol–water partition coefficient (Wildman–Crippen LogP) is 3.83. The number of halogens is 5. The topological polar surface area (TPSA) is 63.0 Å². The highest BCUT2D eigenvalue weighted by atomic mass is 35.5. The first kappa shape index (κ1) is 14.7. The van der Waals surface area contributed by atoms with Crippen molar-refractivity contribution in [2.45, 2.75) is 0 Å². The van der Waals surface area contributed by atoms with E-state index in [-0.39, 0.29) is 27.4 Å². The Morgan fingerprint density at radius 3 is 2.05 bits per heavy atom. The molecule has 2 aromatic rings. The van der Waals surface area contributed by atoms with Gasteiger partial charge in [-0.15, -0.1) is 0 Å². The number of hydrogen-bond acceptors (Lipinski definition) is 4. The maximum absolute atomic E-state index is 13.6. The molecule has 0 aliphatic heterocycles. The lowest BCUT2D eigenvalue weighted by Crippen LogP contribution is -2.12. The Bertz CT molecular complexity index is 643. The lowest BCUT2D eigenvalue weighted by Gasteiger charge is -2.10. The van der Waals surface area contributed by atoms with Crippen LogP contribution in [-0.2, 0) is 0 Å². The van der Waals surface area contributed by atoms with Crippen LogP contribution in [0.3, 0.4) is 0 Å². The van der Waals surface area contributed by atoms with Crippen molar-refractivity contribution in [3.8, 4) is 0 Å². The molecule has 0 aliphatic carbocycles. The van der Waals surface area contributed by atoms with Crippen LogP contribution in [0.4, 0.5) is 30.5 Å². The molecule has 0 saturated heterocycles. The van der Waals surface area contributed by atoms with Crippen molar-refractivity contribution in [2.24, 2.45) is 5.84 Å². The predicted molar refractivity (Wildman–Crippen MR) is 71.7 cm³/mol. The fourth-order valence-electron chi connectivity index (χ4n) is 1.42. The van der Waals surface area contributed by atoms with E-state index in [9.17, 15) is 13.2 Å². The van der Waals surface area contributed by atoms with Crippen molar-refractivity contribution in [1.82, 2.24) is 4.98 Å². The zero-order valence-electron chi connectivity index (χ0n) is 9.65. The largest absolute Gasteiger partial charge is 0.338 e. The summed E-state index contributed by atoms with van der Waals surface area (Å²) in [4.78, 5) is 3.59. The second kappa shape index (κ2) is 5.74. The Kier molecular flexibility index (Phi) is 4.22. The molecule has 0 unspecified atom stereocenters. The van der Waals surface area contributed by atoms with Crippen molar-refractivity contribution in [3.05, 3.63) is 45.7 Å². The fourth-order valence-corrected chi connectivity index (χ4v) is 1.91. The van der Waals surface area contributed by atoms with Crippen LogP contribution in [0.1, 0.15) is 0 Å². The Labute approximate surface area is 121 Å². The summed E-state index contributed by atoms with van der Waals surface area (Å²) in [7, 11) is 0. The molecule has 2 rings (SSSR count). The summed E-state index contributed by atoms with van der Waals surface area (Å²) in [5.41, 5.74) is 2.16. The molecule has 1 heterocycles.